The van der Waals surface area contributed by atoms with Crippen molar-refractivity contribution < 1.29 is 24.1 Å². The van der Waals surface area contributed by atoms with Crippen LogP contribution in [0.1, 0.15) is 18.5 Å². The number of non-ortho nitro benzene ring substituents is 1. The van der Waals surface area contributed by atoms with Crippen LogP contribution in [-0.2, 0) is 14.4 Å². The van der Waals surface area contributed by atoms with Crippen molar-refractivity contribution in [2.45, 2.75) is 19.1 Å². The number of amides is 2. The Labute approximate surface area is 166 Å². The van der Waals surface area contributed by atoms with Crippen LogP contribution in [-0.4, -0.2) is 41.6 Å². The number of anilines is 1. The molecule has 2 aliphatic rings. The summed E-state index contributed by atoms with van der Waals surface area (Å²) >= 11 is 0. The van der Waals surface area contributed by atoms with Crippen molar-refractivity contribution in [3.8, 4) is 5.75 Å². The maximum absolute atomic E-state index is 13.2. The van der Waals surface area contributed by atoms with E-state index in [1.807, 2.05) is 6.92 Å². The molecule has 9 nitrogen and oxygen atoms in total. The third kappa shape index (κ3) is 3.14. The first-order valence-electron chi connectivity index (χ1n) is 9.17. The van der Waals surface area contributed by atoms with Crippen LogP contribution in [0.5, 0.6) is 5.75 Å². The fraction of sp³-hybridized carbons (Fsp3) is 0.300. The lowest BCUT2D eigenvalue weighted by molar-refractivity contribution is -0.384. The van der Waals surface area contributed by atoms with Crippen LogP contribution < -0.4 is 9.64 Å². The minimum absolute atomic E-state index is 0.0447. The van der Waals surface area contributed by atoms with E-state index in [0.717, 1.165) is 4.90 Å². The van der Waals surface area contributed by atoms with E-state index < -0.39 is 28.9 Å². The van der Waals surface area contributed by atoms with Gasteiger partial charge in [-0.15, -0.1) is 0 Å². The smallest absolute Gasteiger partial charge is 0.269 e. The zero-order valence-electron chi connectivity index (χ0n) is 15.8. The molecule has 2 aromatic rings. The molecule has 9 heteroatoms. The zero-order chi connectivity index (χ0) is 20.7. The minimum atomic E-state index is -0.931. The van der Waals surface area contributed by atoms with Gasteiger partial charge in [-0.1, -0.05) is 12.1 Å². The Kier molecular flexibility index (Phi) is 4.77. The second-order valence-corrected chi connectivity index (χ2v) is 6.83. The van der Waals surface area contributed by atoms with Gasteiger partial charge in [-0.25, -0.2) is 4.90 Å². The maximum atomic E-state index is 13.2. The van der Waals surface area contributed by atoms with Gasteiger partial charge in [-0.05, 0) is 36.8 Å². The number of carbonyl (C=O) groups excluding carboxylic acids is 2. The number of hydrogen-bond acceptors (Lipinski definition) is 7. The summed E-state index contributed by atoms with van der Waals surface area (Å²) in [5.74, 6) is -0.881. The summed E-state index contributed by atoms with van der Waals surface area (Å²) in [6, 6.07) is 12.1. The standard InChI is InChI=1S/C20H19N3O6/c1-3-28-15-10-8-13(9-11-15)22-19(24)16-17(21(2)29-18(16)20(22)25)12-4-6-14(7-5-12)23(26)27/h4-11,16-18H,3H2,1-2H3/t16-,17+,18-/m1/s1. The van der Waals surface area contributed by atoms with Crippen LogP contribution in [0.4, 0.5) is 11.4 Å². The second-order valence-electron chi connectivity index (χ2n) is 6.83. The highest BCUT2D eigenvalue weighted by Crippen LogP contribution is 2.45. The molecule has 2 heterocycles. The largest absolute Gasteiger partial charge is 0.494 e. The summed E-state index contributed by atoms with van der Waals surface area (Å²) in [7, 11) is 1.65. The number of imide groups is 1. The topological polar surface area (TPSA) is 102 Å². The summed E-state index contributed by atoms with van der Waals surface area (Å²) in [6.07, 6.45) is -0.931. The van der Waals surface area contributed by atoms with Gasteiger partial charge in [0.1, 0.15) is 5.75 Å². The Balaban J connectivity index is 1.63. The van der Waals surface area contributed by atoms with Gasteiger partial charge in [0, 0.05) is 19.2 Å². The van der Waals surface area contributed by atoms with Crippen molar-refractivity contribution in [2.75, 3.05) is 18.6 Å². The molecule has 0 aromatic heterocycles. The molecule has 0 aliphatic carbocycles. The van der Waals surface area contributed by atoms with Gasteiger partial charge in [0.2, 0.25) is 5.91 Å². The van der Waals surface area contributed by atoms with E-state index in [-0.39, 0.29) is 11.6 Å². The van der Waals surface area contributed by atoms with Gasteiger partial charge in [0.25, 0.3) is 11.6 Å². The van der Waals surface area contributed by atoms with Crippen molar-refractivity contribution >= 4 is 23.2 Å². The molecular weight excluding hydrogens is 378 g/mol. The molecule has 0 saturated carbocycles. The highest BCUT2D eigenvalue weighted by molar-refractivity contribution is 6.23. The number of benzene rings is 2. The molecule has 2 aliphatic heterocycles. The van der Waals surface area contributed by atoms with Crippen molar-refractivity contribution in [3.63, 3.8) is 0 Å². The van der Waals surface area contributed by atoms with Crippen molar-refractivity contribution in [1.82, 2.24) is 5.06 Å². The zero-order valence-corrected chi connectivity index (χ0v) is 15.8. The van der Waals surface area contributed by atoms with Crippen molar-refractivity contribution in [1.29, 1.82) is 0 Å². The van der Waals surface area contributed by atoms with Crippen LogP contribution >= 0.6 is 0 Å². The van der Waals surface area contributed by atoms with Crippen LogP contribution in [0.3, 0.4) is 0 Å². The molecule has 0 unspecified atom stereocenters. The normalized spacial score (nSPS) is 24.1. The number of hydroxylamine groups is 2. The number of carbonyl (C=O) groups is 2. The number of nitrogens with zero attached hydrogens (tertiary/aromatic N) is 3. The molecule has 0 N–H and O–H groups in total. The first kappa shape index (κ1) is 19.0. The predicted octanol–water partition coefficient (Wildman–Crippen LogP) is 2.47. The quantitative estimate of drug-likeness (QED) is 0.434. The summed E-state index contributed by atoms with van der Waals surface area (Å²) in [5.41, 5.74) is 1.07. The molecular formula is C20H19N3O6. The van der Waals surface area contributed by atoms with Gasteiger partial charge in [0.05, 0.1) is 29.2 Å². The van der Waals surface area contributed by atoms with Gasteiger partial charge < -0.3 is 4.74 Å². The van der Waals surface area contributed by atoms with E-state index in [4.69, 9.17) is 9.57 Å². The Hall–Kier alpha value is -3.30. The lowest BCUT2D eigenvalue weighted by Gasteiger charge is -2.24. The monoisotopic (exact) mass is 397 g/mol. The average Bonchev–Trinajstić information content (AvgIpc) is 3.17. The van der Waals surface area contributed by atoms with Crippen LogP contribution in [0.25, 0.3) is 0 Å². The molecule has 2 aromatic carbocycles. The Bertz CT molecular complexity index is 959. The molecule has 29 heavy (non-hydrogen) atoms. The molecule has 2 saturated heterocycles. The summed E-state index contributed by atoms with van der Waals surface area (Å²) in [5, 5.41) is 12.4. The molecule has 2 fully saturated rings. The summed E-state index contributed by atoms with van der Waals surface area (Å²) in [4.78, 5) is 43.3. The highest BCUT2D eigenvalue weighted by Gasteiger charge is 2.59. The highest BCUT2D eigenvalue weighted by atomic mass is 16.7. The number of nitro benzene ring substituents is 1. The van der Waals surface area contributed by atoms with E-state index in [9.17, 15) is 19.7 Å². The first-order valence-corrected chi connectivity index (χ1v) is 9.17. The fourth-order valence-electron chi connectivity index (χ4n) is 3.87. The van der Waals surface area contributed by atoms with E-state index in [1.165, 1.54) is 17.2 Å². The van der Waals surface area contributed by atoms with E-state index >= 15 is 0 Å². The number of rotatable bonds is 5. The van der Waals surface area contributed by atoms with Crippen molar-refractivity contribution in [3.05, 3.63) is 64.2 Å². The van der Waals surface area contributed by atoms with Gasteiger partial charge >= 0.3 is 0 Å². The van der Waals surface area contributed by atoms with E-state index in [0.29, 0.717) is 23.6 Å². The number of ether oxygens (including phenoxy) is 1. The predicted molar refractivity (Wildman–Crippen MR) is 102 cm³/mol. The van der Waals surface area contributed by atoms with Crippen LogP contribution in [0, 0.1) is 16.0 Å². The second kappa shape index (κ2) is 7.26. The van der Waals surface area contributed by atoms with E-state index in [2.05, 4.69) is 0 Å². The Morgan fingerprint density at radius 1 is 1.07 bits per heavy atom. The third-order valence-corrected chi connectivity index (χ3v) is 5.16. The minimum Gasteiger partial charge on any atom is -0.494 e. The molecule has 4 rings (SSSR count). The Morgan fingerprint density at radius 2 is 1.72 bits per heavy atom. The molecule has 2 amide bonds. The number of hydrogen-bond donors (Lipinski definition) is 0. The van der Waals surface area contributed by atoms with Gasteiger partial charge in [-0.3, -0.25) is 24.5 Å². The SMILES string of the molecule is CCOc1ccc(N2C(=O)[C@H]3[C@@H](ON(C)[C@H]3c3ccc([N+](=O)[O-])cc3)C2=O)cc1. The summed E-state index contributed by atoms with van der Waals surface area (Å²) < 4.78 is 5.40. The van der Waals surface area contributed by atoms with Crippen molar-refractivity contribution in [2.24, 2.45) is 5.92 Å². The summed E-state index contributed by atoms with van der Waals surface area (Å²) in [6.45, 7) is 2.39. The van der Waals surface area contributed by atoms with Gasteiger partial charge in [0.15, 0.2) is 6.10 Å². The molecule has 150 valence electrons. The number of nitro groups is 1. The molecule has 0 spiro atoms. The Morgan fingerprint density at radius 3 is 2.31 bits per heavy atom. The van der Waals surface area contributed by atoms with Crippen LogP contribution in [0.2, 0.25) is 0 Å². The molecule has 3 atom stereocenters. The third-order valence-electron chi connectivity index (χ3n) is 5.16. The number of fused-ring (bicyclic) bond motifs is 1. The maximum Gasteiger partial charge on any atom is 0.269 e. The lowest BCUT2D eigenvalue weighted by Crippen LogP contribution is -2.36. The van der Waals surface area contributed by atoms with Crippen LogP contribution in [0.15, 0.2) is 48.5 Å². The molecule has 0 bridgehead atoms. The van der Waals surface area contributed by atoms with Gasteiger partial charge in [-0.2, -0.15) is 5.06 Å². The first-order chi connectivity index (χ1) is 13.9. The fourth-order valence-corrected chi connectivity index (χ4v) is 3.87. The van der Waals surface area contributed by atoms with E-state index in [1.54, 1.807) is 43.4 Å². The molecule has 0 radical (unpaired) electrons. The average molecular weight is 397 g/mol. The lowest BCUT2D eigenvalue weighted by atomic mass is 9.91.